The summed E-state index contributed by atoms with van der Waals surface area (Å²) in [5.74, 6) is 1.76. The molecular formula is C20H26N4O2. The van der Waals surface area contributed by atoms with Crippen LogP contribution in [0, 0.1) is 6.92 Å². The van der Waals surface area contributed by atoms with Crippen molar-refractivity contribution in [2.45, 2.75) is 32.2 Å². The molecule has 0 bridgehead atoms. The van der Waals surface area contributed by atoms with Crippen LogP contribution in [-0.2, 0) is 11.2 Å². The maximum Gasteiger partial charge on any atom is 0.227 e. The summed E-state index contributed by atoms with van der Waals surface area (Å²) in [7, 11) is 5.52. The molecular weight excluding hydrogens is 328 g/mol. The van der Waals surface area contributed by atoms with Gasteiger partial charge in [0.1, 0.15) is 5.75 Å². The van der Waals surface area contributed by atoms with Gasteiger partial charge in [0.2, 0.25) is 5.91 Å². The fourth-order valence-corrected chi connectivity index (χ4v) is 3.38. The first-order valence-corrected chi connectivity index (χ1v) is 8.93. The summed E-state index contributed by atoms with van der Waals surface area (Å²) in [6, 6.07) is 9.88. The Morgan fingerprint density at radius 3 is 2.73 bits per heavy atom. The van der Waals surface area contributed by atoms with Crippen molar-refractivity contribution in [2.24, 2.45) is 0 Å². The Hall–Kier alpha value is -2.63. The van der Waals surface area contributed by atoms with E-state index in [1.54, 1.807) is 7.11 Å². The quantitative estimate of drug-likeness (QED) is 0.826. The number of carbonyl (C=O) groups excluding carboxylic acids is 1. The highest BCUT2D eigenvalue weighted by atomic mass is 16.5. The maximum absolute atomic E-state index is 12.9. The zero-order chi connectivity index (χ0) is 18.7. The number of aryl methyl sites for hydroxylation is 1. The van der Waals surface area contributed by atoms with Crippen LogP contribution >= 0.6 is 0 Å². The highest BCUT2D eigenvalue weighted by Gasteiger charge is 2.31. The summed E-state index contributed by atoms with van der Waals surface area (Å²) in [6.07, 6.45) is 2.29. The topological polar surface area (TPSA) is 58.6 Å². The van der Waals surface area contributed by atoms with E-state index in [0.29, 0.717) is 6.42 Å². The summed E-state index contributed by atoms with van der Waals surface area (Å²) in [5, 5.41) is 8.61. The van der Waals surface area contributed by atoms with Crippen LogP contribution < -0.4 is 9.64 Å². The average Bonchev–Trinajstić information content (AvgIpc) is 3.13. The number of methoxy groups -OCH3 is 1. The van der Waals surface area contributed by atoms with Crippen molar-refractivity contribution in [2.75, 3.05) is 32.6 Å². The molecule has 6 nitrogen and oxygen atoms in total. The van der Waals surface area contributed by atoms with Gasteiger partial charge in [-0.05, 0) is 49.1 Å². The molecule has 6 heteroatoms. The lowest BCUT2D eigenvalue weighted by Gasteiger charge is -2.24. The molecule has 2 heterocycles. The van der Waals surface area contributed by atoms with Crippen molar-refractivity contribution in [1.29, 1.82) is 0 Å². The number of aromatic nitrogens is 2. The minimum atomic E-state index is 0.0126. The van der Waals surface area contributed by atoms with Gasteiger partial charge in [0.05, 0.1) is 25.3 Å². The number of rotatable bonds is 5. The highest BCUT2D eigenvalue weighted by Crippen LogP contribution is 2.31. The van der Waals surface area contributed by atoms with Gasteiger partial charge in [-0.1, -0.05) is 12.1 Å². The van der Waals surface area contributed by atoms with E-state index >= 15 is 0 Å². The molecule has 0 aliphatic carbocycles. The van der Waals surface area contributed by atoms with Gasteiger partial charge in [0.25, 0.3) is 0 Å². The normalized spacial score (nSPS) is 16.6. The number of hydrogen-bond acceptors (Lipinski definition) is 5. The Kier molecular flexibility index (Phi) is 5.40. The molecule has 0 saturated carbocycles. The monoisotopic (exact) mass is 354 g/mol. The summed E-state index contributed by atoms with van der Waals surface area (Å²) < 4.78 is 5.37. The zero-order valence-corrected chi connectivity index (χ0v) is 15.9. The van der Waals surface area contributed by atoms with Crippen molar-refractivity contribution >= 4 is 11.7 Å². The highest BCUT2D eigenvalue weighted by molar-refractivity contribution is 5.79. The molecule has 0 N–H and O–H groups in total. The van der Waals surface area contributed by atoms with E-state index < -0.39 is 0 Å². The molecule has 1 aromatic heterocycles. The van der Waals surface area contributed by atoms with Crippen LogP contribution in [0.1, 0.15) is 35.7 Å². The molecule has 1 atom stereocenters. The lowest BCUT2D eigenvalue weighted by atomic mass is 10.1. The van der Waals surface area contributed by atoms with Gasteiger partial charge in [0, 0.05) is 20.6 Å². The van der Waals surface area contributed by atoms with E-state index in [0.717, 1.165) is 47.8 Å². The number of hydrogen-bond donors (Lipinski definition) is 0. The molecule has 0 radical (unpaired) electrons. The first-order valence-electron chi connectivity index (χ1n) is 8.93. The third-order valence-electron chi connectivity index (χ3n) is 4.87. The number of anilines is 1. The van der Waals surface area contributed by atoms with E-state index in [1.807, 2.05) is 61.2 Å². The molecule has 0 spiro atoms. The van der Waals surface area contributed by atoms with Crippen molar-refractivity contribution in [3.63, 3.8) is 0 Å². The third-order valence-corrected chi connectivity index (χ3v) is 4.87. The molecule has 138 valence electrons. The van der Waals surface area contributed by atoms with Crippen LogP contribution in [-0.4, -0.2) is 48.8 Å². The number of amides is 1. The van der Waals surface area contributed by atoms with Gasteiger partial charge in [-0.25, -0.2) is 0 Å². The van der Waals surface area contributed by atoms with Crippen LogP contribution in [0.5, 0.6) is 5.75 Å². The molecule has 2 aromatic rings. The Bertz CT molecular complexity index is 774. The predicted molar refractivity (Wildman–Crippen MR) is 101 cm³/mol. The van der Waals surface area contributed by atoms with Crippen LogP contribution in [0.2, 0.25) is 0 Å². The van der Waals surface area contributed by atoms with Crippen LogP contribution in [0.3, 0.4) is 0 Å². The number of benzene rings is 1. The lowest BCUT2D eigenvalue weighted by Crippen LogP contribution is -2.32. The number of likely N-dealkylation sites (tertiary alicyclic amines) is 1. The van der Waals surface area contributed by atoms with Crippen molar-refractivity contribution in [1.82, 2.24) is 15.1 Å². The fourth-order valence-electron chi connectivity index (χ4n) is 3.38. The summed E-state index contributed by atoms with van der Waals surface area (Å²) in [5.41, 5.74) is 2.90. The van der Waals surface area contributed by atoms with Crippen molar-refractivity contribution in [3.05, 3.63) is 47.2 Å². The van der Waals surface area contributed by atoms with E-state index in [1.165, 1.54) is 0 Å². The molecule has 3 rings (SSSR count). The maximum atomic E-state index is 12.9. The molecule has 1 aliphatic rings. The van der Waals surface area contributed by atoms with Crippen molar-refractivity contribution < 1.29 is 9.53 Å². The van der Waals surface area contributed by atoms with Gasteiger partial charge >= 0.3 is 0 Å². The Morgan fingerprint density at radius 2 is 2.08 bits per heavy atom. The predicted octanol–water partition coefficient (Wildman–Crippen LogP) is 2.77. The number of ether oxygens (including phenoxy) is 1. The van der Waals surface area contributed by atoms with Gasteiger partial charge in [-0.3, -0.25) is 4.79 Å². The largest absolute Gasteiger partial charge is 0.496 e. The van der Waals surface area contributed by atoms with Crippen LogP contribution in [0.4, 0.5) is 5.82 Å². The number of nitrogens with zero attached hydrogens (tertiary/aromatic N) is 4. The van der Waals surface area contributed by atoms with Gasteiger partial charge in [-0.2, -0.15) is 5.10 Å². The summed E-state index contributed by atoms with van der Waals surface area (Å²) in [6.45, 7) is 2.76. The smallest absolute Gasteiger partial charge is 0.227 e. The molecule has 1 aliphatic heterocycles. The standard InChI is InChI=1S/C20H26N4O2/c1-14-7-8-15(12-18(14)26-4)13-20(25)24-11-5-6-17(24)16-9-10-19(22-21-16)23(2)3/h7-10,12,17H,5-6,11,13H2,1-4H3. The Labute approximate surface area is 154 Å². The Morgan fingerprint density at radius 1 is 1.27 bits per heavy atom. The SMILES string of the molecule is COc1cc(CC(=O)N2CCCC2c2ccc(N(C)C)nn2)ccc1C. The fraction of sp³-hybridized carbons (Fsp3) is 0.450. The molecule has 1 fully saturated rings. The van der Waals surface area contributed by atoms with E-state index in [2.05, 4.69) is 10.2 Å². The van der Waals surface area contributed by atoms with Gasteiger partial charge < -0.3 is 14.5 Å². The summed E-state index contributed by atoms with van der Waals surface area (Å²) in [4.78, 5) is 16.7. The van der Waals surface area contributed by atoms with Crippen LogP contribution in [0.25, 0.3) is 0 Å². The first kappa shape index (κ1) is 18.2. The molecule has 1 saturated heterocycles. The van der Waals surface area contributed by atoms with E-state index in [4.69, 9.17) is 4.74 Å². The second-order valence-corrected chi connectivity index (χ2v) is 6.94. The molecule has 1 aromatic carbocycles. The first-order chi connectivity index (χ1) is 12.5. The van der Waals surface area contributed by atoms with Crippen molar-refractivity contribution in [3.8, 4) is 5.75 Å². The second kappa shape index (κ2) is 7.72. The van der Waals surface area contributed by atoms with E-state index in [9.17, 15) is 4.79 Å². The Balaban J connectivity index is 1.74. The zero-order valence-electron chi connectivity index (χ0n) is 15.9. The summed E-state index contributed by atoms with van der Waals surface area (Å²) >= 11 is 0. The number of carbonyl (C=O) groups is 1. The van der Waals surface area contributed by atoms with E-state index in [-0.39, 0.29) is 11.9 Å². The second-order valence-electron chi connectivity index (χ2n) is 6.94. The van der Waals surface area contributed by atoms with Gasteiger partial charge in [0.15, 0.2) is 5.82 Å². The molecule has 1 amide bonds. The minimum Gasteiger partial charge on any atom is -0.496 e. The third kappa shape index (κ3) is 3.79. The molecule has 26 heavy (non-hydrogen) atoms. The molecule has 1 unspecified atom stereocenters. The minimum absolute atomic E-state index is 0.0126. The van der Waals surface area contributed by atoms with Gasteiger partial charge in [-0.15, -0.1) is 5.10 Å². The lowest BCUT2D eigenvalue weighted by molar-refractivity contribution is -0.131. The average molecular weight is 354 g/mol. The van der Waals surface area contributed by atoms with Crippen LogP contribution in [0.15, 0.2) is 30.3 Å².